The van der Waals surface area contributed by atoms with Gasteiger partial charge in [-0.2, -0.15) is 0 Å². The van der Waals surface area contributed by atoms with Gasteiger partial charge in [0.2, 0.25) is 0 Å². The fraction of sp³-hybridized carbons (Fsp3) is 1.00. The molecule has 1 spiro atoms. The largest absolute Gasteiger partial charge is 0.377 e. The molecule has 0 aromatic heterocycles. The average Bonchev–Trinajstić information content (AvgIpc) is 1.99. The van der Waals surface area contributed by atoms with Crippen LogP contribution in [0, 0.1) is 5.41 Å². The molecule has 1 saturated heterocycles. The molecular weight excluding hydrogens is 162 g/mol. The van der Waals surface area contributed by atoms with Crippen LogP contribution in [-0.2, 0) is 4.74 Å². The minimum atomic E-state index is 0.0542. The molecule has 1 N–H and O–H groups in total. The SMILES string of the molecule is CCC(C)(OC)C1NCC12CCC2. The molecule has 0 bridgehead atoms. The van der Waals surface area contributed by atoms with E-state index in [0.29, 0.717) is 11.5 Å². The van der Waals surface area contributed by atoms with Gasteiger partial charge >= 0.3 is 0 Å². The van der Waals surface area contributed by atoms with Crippen LogP contribution in [0.2, 0.25) is 0 Å². The molecule has 0 amide bonds. The highest BCUT2D eigenvalue weighted by atomic mass is 16.5. The molecule has 76 valence electrons. The molecule has 2 aliphatic rings. The molecule has 2 nitrogen and oxygen atoms in total. The topological polar surface area (TPSA) is 21.3 Å². The van der Waals surface area contributed by atoms with E-state index >= 15 is 0 Å². The van der Waals surface area contributed by atoms with Crippen molar-refractivity contribution in [2.45, 2.75) is 51.2 Å². The maximum atomic E-state index is 5.66. The summed E-state index contributed by atoms with van der Waals surface area (Å²) in [6.07, 6.45) is 5.33. The van der Waals surface area contributed by atoms with E-state index in [9.17, 15) is 0 Å². The van der Waals surface area contributed by atoms with E-state index < -0.39 is 0 Å². The molecule has 13 heavy (non-hydrogen) atoms. The first-order valence-corrected chi connectivity index (χ1v) is 5.45. The summed E-state index contributed by atoms with van der Waals surface area (Å²) in [5.41, 5.74) is 0.666. The molecule has 2 atom stereocenters. The molecule has 1 aliphatic heterocycles. The second kappa shape index (κ2) is 2.96. The maximum Gasteiger partial charge on any atom is 0.0806 e. The molecule has 1 heterocycles. The van der Waals surface area contributed by atoms with Crippen molar-refractivity contribution in [1.29, 1.82) is 0 Å². The van der Waals surface area contributed by atoms with Crippen molar-refractivity contribution in [3.05, 3.63) is 0 Å². The van der Waals surface area contributed by atoms with Crippen LogP contribution in [0.4, 0.5) is 0 Å². The Balaban J connectivity index is 2.07. The number of hydrogen-bond donors (Lipinski definition) is 1. The van der Waals surface area contributed by atoms with Crippen LogP contribution in [0.3, 0.4) is 0 Å². The van der Waals surface area contributed by atoms with Crippen LogP contribution in [0.1, 0.15) is 39.5 Å². The van der Waals surface area contributed by atoms with Crippen molar-refractivity contribution in [2.75, 3.05) is 13.7 Å². The van der Waals surface area contributed by atoms with E-state index in [1.54, 1.807) is 0 Å². The third-order valence-corrected chi connectivity index (χ3v) is 4.40. The third-order valence-electron chi connectivity index (χ3n) is 4.40. The molecule has 2 unspecified atom stereocenters. The van der Waals surface area contributed by atoms with E-state index in [0.717, 1.165) is 6.42 Å². The van der Waals surface area contributed by atoms with E-state index in [-0.39, 0.29) is 5.60 Å². The van der Waals surface area contributed by atoms with Gasteiger partial charge in [0.15, 0.2) is 0 Å². The molecule has 0 aromatic carbocycles. The lowest BCUT2D eigenvalue weighted by atomic mass is 9.55. The Labute approximate surface area is 81.0 Å². The van der Waals surface area contributed by atoms with Gasteiger partial charge in [-0.05, 0) is 26.2 Å². The van der Waals surface area contributed by atoms with E-state index in [4.69, 9.17) is 4.74 Å². The Morgan fingerprint density at radius 1 is 1.54 bits per heavy atom. The summed E-state index contributed by atoms with van der Waals surface area (Å²) in [6, 6.07) is 0.601. The molecule has 2 fully saturated rings. The Kier molecular flexibility index (Phi) is 2.16. The zero-order valence-corrected chi connectivity index (χ0v) is 9.02. The Morgan fingerprint density at radius 3 is 2.46 bits per heavy atom. The fourth-order valence-corrected chi connectivity index (χ4v) is 2.92. The average molecular weight is 183 g/mol. The molecule has 2 rings (SSSR count). The Morgan fingerprint density at radius 2 is 2.23 bits per heavy atom. The molecular formula is C11H21NO. The zero-order chi connectivity index (χ0) is 9.53. The highest BCUT2D eigenvalue weighted by Gasteiger charge is 2.57. The quantitative estimate of drug-likeness (QED) is 0.722. The molecule has 0 aromatic rings. The molecule has 0 radical (unpaired) electrons. The normalized spacial score (nSPS) is 34.8. The second-order valence-electron chi connectivity index (χ2n) is 4.90. The van der Waals surface area contributed by atoms with Gasteiger partial charge < -0.3 is 10.1 Å². The lowest BCUT2D eigenvalue weighted by Gasteiger charge is -2.61. The van der Waals surface area contributed by atoms with Gasteiger partial charge in [0.1, 0.15) is 0 Å². The van der Waals surface area contributed by atoms with Crippen molar-refractivity contribution in [3.8, 4) is 0 Å². The highest BCUT2D eigenvalue weighted by molar-refractivity contribution is 5.13. The van der Waals surface area contributed by atoms with Gasteiger partial charge in [-0.3, -0.25) is 0 Å². The summed E-state index contributed by atoms with van der Waals surface area (Å²) in [5, 5.41) is 3.56. The molecule has 1 aliphatic carbocycles. The first kappa shape index (κ1) is 9.47. The summed E-state index contributed by atoms with van der Waals surface area (Å²) in [6.45, 7) is 5.68. The number of hydrogen-bond acceptors (Lipinski definition) is 2. The van der Waals surface area contributed by atoms with Crippen molar-refractivity contribution in [3.63, 3.8) is 0 Å². The fourth-order valence-electron chi connectivity index (χ4n) is 2.92. The van der Waals surface area contributed by atoms with Crippen molar-refractivity contribution < 1.29 is 4.74 Å². The Bertz CT molecular complexity index is 189. The van der Waals surface area contributed by atoms with Gasteiger partial charge in [0.25, 0.3) is 0 Å². The van der Waals surface area contributed by atoms with Crippen LogP contribution >= 0.6 is 0 Å². The highest BCUT2D eigenvalue weighted by Crippen LogP contribution is 2.52. The van der Waals surface area contributed by atoms with Gasteiger partial charge in [0, 0.05) is 25.1 Å². The second-order valence-corrected chi connectivity index (χ2v) is 4.90. The lowest BCUT2D eigenvalue weighted by molar-refractivity contribution is -0.136. The Hall–Kier alpha value is -0.0800. The van der Waals surface area contributed by atoms with Crippen LogP contribution in [0.15, 0.2) is 0 Å². The van der Waals surface area contributed by atoms with Crippen molar-refractivity contribution >= 4 is 0 Å². The van der Waals surface area contributed by atoms with Gasteiger partial charge in [0.05, 0.1) is 5.60 Å². The summed E-state index contributed by atoms with van der Waals surface area (Å²) >= 11 is 0. The van der Waals surface area contributed by atoms with Gasteiger partial charge in [-0.15, -0.1) is 0 Å². The van der Waals surface area contributed by atoms with E-state index in [2.05, 4.69) is 19.2 Å². The summed E-state index contributed by atoms with van der Waals surface area (Å²) in [5.74, 6) is 0. The van der Waals surface area contributed by atoms with Crippen LogP contribution in [0.5, 0.6) is 0 Å². The van der Waals surface area contributed by atoms with Gasteiger partial charge in [-0.25, -0.2) is 0 Å². The zero-order valence-electron chi connectivity index (χ0n) is 9.02. The van der Waals surface area contributed by atoms with Crippen LogP contribution in [0.25, 0.3) is 0 Å². The minimum Gasteiger partial charge on any atom is -0.377 e. The first-order chi connectivity index (χ1) is 6.17. The number of ether oxygens (including phenoxy) is 1. The summed E-state index contributed by atoms with van der Waals surface area (Å²) in [7, 11) is 1.84. The van der Waals surface area contributed by atoms with E-state index in [1.165, 1.54) is 25.8 Å². The first-order valence-electron chi connectivity index (χ1n) is 5.45. The predicted molar refractivity (Wildman–Crippen MR) is 53.8 cm³/mol. The van der Waals surface area contributed by atoms with E-state index in [1.807, 2.05) is 7.11 Å². The lowest BCUT2D eigenvalue weighted by Crippen LogP contribution is -2.73. The third kappa shape index (κ3) is 1.15. The maximum absolute atomic E-state index is 5.66. The summed E-state index contributed by atoms with van der Waals surface area (Å²) in [4.78, 5) is 0. The number of nitrogens with one attached hydrogen (secondary N) is 1. The number of methoxy groups -OCH3 is 1. The number of rotatable bonds is 3. The predicted octanol–water partition coefficient (Wildman–Crippen LogP) is 1.94. The molecule has 1 saturated carbocycles. The monoisotopic (exact) mass is 183 g/mol. The van der Waals surface area contributed by atoms with Crippen LogP contribution in [-0.4, -0.2) is 25.3 Å². The van der Waals surface area contributed by atoms with Crippen LogP contribution < -0.4 is 5.32 Å². The molecule has 2 heteroatoms. The van der Waals surface area contributed by atoms with Crippen molar-refractivity contribution in [1.82, 2.24) is 5.32 Å². The minimum absolute atomic E-state index is 0.0542. The summed E-state index contributed by atoms with van der Waals surface area (Å²) < 4.78 is 5.66. The van der Waals surface area contributed by atoms with Gasteiger partial charge in [-0.1, -0.05) is 13.3 Å². The smallest absolute Gasteiger partial charge is 0.0806 e. The van der Waals surface area contributed by atoms with Crippen molar-refractivity contribution in [2.24, 2.45) is 5.41 Å². The standard InChI is InChI=1S/C11H21NO/c1-4-10(2,13-3)9-11(8-12-9)6-5-7-11/h9,12H,4-8H2,1-3H3.